The molecule has 0 aliphatic rings. The number of aromatic nitrogens is 2. The Labute approximate surface area is 106 Å². The normalized spacial score (nSPS) is 10.1. The van der Waals surface area contributed by atoms with Crippen LogP contribution in [0, 0.1) is 11.3 Å². The molecule has 1 aromatic carbocycles. The molecule has 0 fully saturated rings. The van der Waals surface area contributed by atoms with Crippen molar-refractivity contribution < 1.29 is 0 Å². The first kappa shape index (κ1) is 12.0. The van der Waals surface area contributed by atoms with E-state index in [1.807, 2.05) is 49.2 Å². The molecule has 0 bridgehead atoms. The van der Waals surface area contributed by atoms with E-state index in [1.54, 1.807) is 4.68 Å². The highest BCUT2D eigenvalue weighted by Crippen LogP contribution is 2.25. The van der Waals surface area contributed by atoms with Gasteiger partial charge in [-0.2, -0.15) is 5.26 Å². The summed E-state index contributed by atoms with van der Waals surface area (Å²) in [6.45, 7) is 2.76. The van der Waals surface area contributed by atoms with Gasteiger partial charge in [0, 0.05) is 13.6 Å². The number of hydrogen-bond donors (Lipinski definition) is 1. The van der Waals surface area contributed by atoms with Crippen LogP contribution in [0.4, 0.5) is 11.6 Å². The monoisotopic (exact) mass is 241 g/mol. The fourth-order valence-corrected chi connectivity index (χ4v) is 1.71. The molecule has 0 amide bonds. The SMILES string of the molecule is CCN(C)c1nn(-c2ccccc2)c(N)c1C#N. The van der Waals surface area contributed by atoms with Crippen LogP contribution < -0.4 is 10.6 Å². The predicted molar refractivity (Wildman–Crippen MR) is 71.6 cm³/mol. The number of nitriles is 1. The molecule has 0 saturated carbocycles. The predicted octanol–water partition coefficient (Wildman–Crippen LogP) is 1.78. The Morgan fingerprint density at radius 1 is 1.39 bits per heavy atom. The number of nitrogens with zero attached hydrogens (tertiary/aromatic N) is 4. The van der Waals surface area contributed by atoms with E-state index in [-0.39, 0.29) is 0 Å². The molecule has 1 heterocycles. The van der Waals surface area contributed by atoms with Crippen LogP contribution in [0.3, 0.4) is 0 Å². The lowest BCUT2D eigenvalue weighted by atomic mass is 10.3. The number of para-hydroxylation sites is 1. The van der Waals surface area contributed by atoms with E-state index < -0.39 is 0 Å². The third-order valence-corrected chi connectivity index (χ3v) is 2.85. The van der Waals surface area contributed by atoms with Gasteiger partial charge in [0.1, 0.15) is 17.5 Å². The maximum Gasteiger partial charge on any atom is 0.171 e. The van der Waals surface area contributed by atoms with Crippen molar-refractivity contribution in [3.63, 3.8) is 0 Å². The van der Waals surface area contributed by atoms with Crippen LogP contribution in [0.25, 0.3) is 5.69 Å². The first-order valence-electron chi connectivity index (χ1n) is 5.74. The number of benzene rings is 1. The van der Waals surface area contributed by atoms with E-state index in [0.717, 1.165) is 12.2 Å². The molecule has 0 saturated heterocycles. The zero-order chi connectivity index (χ0) is 13.1. The van der Waals surface area contributed by atoms with Gasteiger partial charge in [0.05, 0.1) is 5.69 Å². The van der Waals surface area contributed by atoms with Gasteiger partial charge in [0.25, 0.3) is 0 Å². The molecule has 18 heavy (non-hydrogen) atoms. The van der Waals surface area contributed by atoms with Crippen LogP contribution in [0.5, 0.6) is 0 Å². The topological polar surface area (TPSA) is 70.9 Å². The number of hydrogen-bond acceptors (Lipinski definition) is 4. The number of nitrogen functional groups attached to an aromatic ring is 1. The molecule has 0 spiro atoms. The molecule has 2 aromatic rings. The summed E-state index contributed by atoms with van der Waals surface area (Å²) in [4.78, 5) is 1.90. The molecule has 1 aromatic heterocycles. The van der Waals surface area contributed by atoms with E-state index >= 15 is 0 Å². The van der Waals surface area contributed by atoms with Crippen molar-refractivity contribution in [3.05, 3.63) is 35.9 Å². The summed E-state index contributed by atoms with van der Waals surface area (Å²) in [7, 11) is 1.89. The fourth-order valence-electron chi connectivity index (χ4n) is 1.71. The summed E-state index contributed by atoms with van der Waals surface area (Å²) >= 11 is 0. The van der Waals surface area contributed by atoms with Gasteiger partial charge in [0.2, 0.25) is 0 Å². The van der Waals surface area contributed by atoms with E-state index in [9.17, 15) is 5.26 Å². The minimum Gasteiger partial charge on any atom is -0.382 e. The summed E-state index contributed by atoms with van der Waals surface area (Å²) in [5, 5.41) is 13.6. The van der Waals surface area contributed by atoms with Gasteiger partial charge in [-0.3, -0.25) is 0 Å². The van der Waals surface area contributed by atoms with Crippen LogP contribution in [0.15, 0.2) is 30.3 Å². The van der Waals surface area contributed by atoms with Crippen molar-refractivity contribution in [3.8, 4) is 11.8 Å². The quantitative estimate of drug-likeness (QED) is 0.889. The summed E-state index contributed by atoms with van der Waals surface area (Å²) in [6.07, 6.45) is 0. The average molecular weight is 241 g/mol. The minimum absolute atomic E-state index is 0.374. The Morgan fingerprint density at radius 2 is 2.06 bits per heavy atom. The second-order valence-corrected chi connectivity index (χ2v) is 3.96. The van der Waals surface area contributed by atoms with Crippen molar-refractivity contribution in [2.45, 2.75) is 6.92 Å². The largest absolute Gasteiger partial charge is 0.382 e. The van der Waals surface area contributed by atoms with Crippen molar-refractivity contribution in [1.29, 1.82) is 5.26 Å². The van der Waals surface area contributed by atoms with Crippen molar-refractivity contribution in [1.82, 2.24) is 9.78 Å². The Bertz CT molecular complexity index is 579. The molecular formula is C13H15N5. The lowest BCUT2D eigenvalue weighted by Crippen LogP contribution is -2.17. The highest BCUT2D eigenvalue weighted by molar-refractivity contribution is 5.66. The first-order valence-corrected chi connectivity index (χ1v) is 5.74. The van der Waals surface area contributed by atoms with Crippen LogP contribution in [-0.2, 0) is 0 Å². The molecule has 0 aliphatic carbocycles. The second kappa shape index (κ2) is 4.80. The first-order chi connectivity index (χ1) is 8.69. The summed E-state index contributed by atoms with van der Waals surface area (Å²) in [5.41, 5.74) is 7.26. The van der Waals surface area contributed by atoms with Crippen LogP contribution in [-0.4, -0.2) is 23.4 Å². The lowest BCUT2D eigenvalue weighted by molar-refractivity contribution is 0.852. The minimum atomic E-state index is 0.374. The van der Waals surface area contributed by atoms with Gasteiger partial charge in [-0.05, 0) is 19.1 Å². The van der Waals surface area contributed by atoms with Gasteiger partial charge in [-0.1, -0.05) is 18.2 Å². The standard InChI is InChI=1S/C13H15N5/c1-3-17(2)13-11(9-14)12(15)18(16-13)10-7-5-4-6-8-10/h4-8H,3,15H2,1-2H3. The fraction of sp³-hybridized carbons (Fsp3) is 0.231. The van der Waals surface area contributed by atoms with Gasteiger partial charge in [-0.25, -0.2) is 4.68 Å². The van der Waals surface area contributed by atoms with Gasteiger partial charge in [0.15, 0.2) is 5.82 Å². The molecule has 92 valence electrons. The molecule has 0 radical (unpaired) electrons. The summed E-state index contributed by atoms with van der Waals surface area (Å²) < 4.78 is 1.60. The van der Waals surface area contributed by atoms with E-state index in [2.05, 4.69) is 11.2 Å². The molecule has 5 nitrogen and oxygen atoms in total. The molecule has 5 heteroatoms. The Kier molecular flexibility index (Phi) is 3.20. The smallest absolute Gasteiger partial charge is 0.171 e. The zero-order valence-electron chi connectivity index (χ0n) is 10.5. The van der Waals surface area contributed by atoms with Crippen LogP contribution >= 0.6 is 0 Å². The Morgan fingerprint density at radius 3 is 2.61 bits per heavy atom. The van der Waals surface area contributed by atoms with Crippen molar-refractivity contribution >= 4 is 11.6 Å². The summed E-state index contributed by atoms with van der Waals surface area (Å²) in [6, 6.07) is 11.7. The maximum absolute atomic E-state index is 9.19. The van der Waals surface area contributed by atoms with Gasteiger partial charge >= 0.3 is 0 Å². The van der Waals surface area contributed by atoms with Crippen molar-refractivity contribution in [2.75, 3.05) is 24.2 Å². The average Bonchev–Trinajstić information content (AvgIpc) is 2.75. The highest BCUT2D eigenvalue weighted by atomic mass is 15.4. The molecule has 2 N–H and O–H groups in total. The van der Waals surface area contributed by atoms with Crippen LogP contribution in [0.1, 0.15) is 12.5 Å². The molecular weight excluding hydrogens is 226 g/mol. The molecule has 2 rings (SSSR count). The summed E-state index contributed by atoms with van der Waals surface area (Å²) in [5.74, 6) is 0.986. The Hall–Kier alpha value is -2.48. The lowest BCUT2D eigenvalue weighted by Gasteiger charge is -2.12. The van der Waals surface area contributed by atoms with Crippen molar-refractivity contribution in [2.24, 2.45) is 0 Å². The number of nitrogens with two attached hydrogens (primary N) is 1. The van der Waals surface area contributed by atoms with E-state index in [0.29, 0.717) is 17.2 Å². The van der Waals surface area contributed by atoms with E-state index in [4.69, 9.17) is 5.73 Å². The number of anilines is 2. The van der Waals surface area contributed by atoms with Gasteiger partial charge < -0.3 is 10.6 Å². The number of rotatable bonds is 3. The highest BCUT2D eigenvalue weighted by Gasteiger charge is 2.18. The Balaban J connectivity index is 2.58. The molecule has 0 unspecified atom stereocenters. The van der Waals surface area contributed by atoms with Gasteiger partial charge in [-0.15, -0.1) is 5.10 Å². The van der Waals surface area contributed by atoms with Crippen LogP contribution in [0.2, 0.25) is 0 Å². The zero-order valence-corrected chi connectivity index (χ0v) is 10.5. The third kappa shape index (κ3) is 1.89. The molecule has 0 atom stereocenters. The molecule has 0 aliphatic heterocycles. The maximum atomic E-state index is 9.19. The third-order valence-electron chi connectivity index (χ3n) is 2.85. The second-order valence-electron chi connectivity index (χ2n) is 3.96. The van der Waals surface area contributed by atoms with E-state index in [1.165, 1.54) is 0 Å².